The number of amides is 1. The summed E-state index contributed by atoms with van der Waals surface area (Å²) in [6, 6.07) is 7.07. The molecule has 0 bridgehead atoms. The lowest BCUT2D eigenvalue weighted by atomic mass is 9.74. The topological polar surface area (TPSA) is 68.7 Å². The van der Waals surface area contributed by atoms with E-state index in [1.54, 1.807) is 4.90 Å². The van der Waals surface area contributed by atoms with Gasteiger partial charge in [-0.15, -0.1) is 11.3 Å². The molecule has 0 spiro atoms. The van der Waals surface area contributed by atoms with Gasteiger partial charge in [-0.05, 0) is 56.7 Å². The van der Waals surface area contributed by atoms with Gasteiger partial charge in [-0.3, -0.25) is 14.5 Å². The van der Waals surface area contributed by atoms with E-state index in [2.05, 4.69) is 11.9 Å². The second-order valence-corrected chi connectivity index (χ2v) is 9.48. The molecule has 2 aliphatic heterocycles. The Morgan fingerprint density at radius 1 is 1.29 bits per heavy atom. The number of nitrogens with zero attached hydrogens (tertiary/aromatic N) is 2. The minimum atomic E-state index is -0.556. The largest absolute Gasteiger partial charge is 0.494 e. The summed E-state index contributed by atoms with van der Waals surface area (Å²) in [5.41, 5.74) is 2.15. The molecule has 1 aromatic heterocycles. The molecule has 0 N–H and O–H groups in total. The van der Waals surface area contributed by atoms with Crippen LogP contribution in [0.1, 0.15) is 50.4 Å². The summed E-state index contributed by atoms with van der Waals surface area (Å²) in [5, 5.41) is 2.49. The quantitative estimate of drug-likeness (QED) is 0.698. The normalized spacial score (nSPS) is 27.8. The first-order chi connectivity index (χ1) is 15.0. The second-order valence-electron chi connectivity index (χ2n) is 8.64. The molecule has 2 aromatic rings. The highest BCUT2D eigenvalue weighted by Gasteiger charge is 2.53. The lowest BCUT2D eigenvalue weighted by molar-refractivity contribution is -0.132. The van der Waals surface area contributed by atoms with E-state index < -0.39 is 6.04 Å². The van der Waals surface area contributed by atoms with Crippen LogP contribution in [0.2, 0.25) is 0 Å². The van der Waals surface area contributed by atoms with Crippen molar-refractivity contribution in [1.29, 1.82) is 0 Å². The maximum atomic E-state index is 13.7. The van der Waals surface area contributed by atoms with E-state index in [9.17, 15) is 9.59 Å². The van der Waals surface area contributed by atoms with E-state index in [1.807, 2.05) is 43.5 Å². The lowest BCUT2D eigenvalue weighted by Gasteiger charge is -2.37. The van der Waals surface area contributed by atoms with Crippen LogP contribution in [0, 0.1) is 18.8 Å². The standard InChI is InChI=1S/C24H26N2O4S/c1-4-29-16-7-5-6-15(11-16)20-19-21(27)17-10-13(2)8-9-18(17)30-22(19)23(28)26(20)24-25-14(3)12-31-24/h5-7,11-13,17-18,20H,4,8-10H2,1-3H3. The summed E-state index contributed by atoms with van der Waals surface area (Å²) in [5.74, 6) is 0.984. The minimum absolute atomic E-state index is 0.0498. The fourth-order valence-corrected chi connectivity index (χ4v) is 5.81. The average molecular weight is 439 g/mol. The van der Waals surface area contributed by atoms with Crippen molar-refractivity contribution < 1.29 is 19.1 Å². The van der Waals surface area contributed by atoms with E-state index >= 15 is 0 Å². The number of hydrogen-bond donors (Lipinski definition) is 0. The number of aryl methyl sites for hydroxylation is 1. The van der Waals surface area contributed by atoms with Crippen LogP contribution in [0.15, 0.2) is 41.0 Å². The van der Waals surface area contributed by atoms with Gasteiger partial charge in [0.25, 0.3) is 5.91 Å². The van der Waals surface area contributed by atoms with Gasteiger partial charge in [-0.2, -0.15) is 0 Å². The highest BCUT2D eigenvalue weighted by atomic mass is 32.1. The number of ketones is 1. The van der Waals surface area contributed by atoms with Crippen molar-refractivity contribution in [3.8, 4) is 5.75 Å². The molecule has 1 saturated carbocycles. The zero-order valence-corrected chi connectivity index (χ0v) is 18.8. The van der Waals surface area contributed by atoms with Gasteiger partial charge in [0.15, 0.2) is 16.7 Å². The number of carbonyl (C=O) groups is 2. The Hall–Kier alpha value is -2.67. The summed E-state index contributed by atoms with van der Waals surface area (Å²) in [6.45, 7) is 6.55. The van der Waals surface area contributed by atoms with Crippen LogP contribution in [0.3, 0.4) is 0 Å². The zero-order valence-electron chi connectivity index (χ0n) is 18.0. The van der Waals surface area contributed by atoms with E-state index in [4.69, 9.17) is 9.47 Å². The van der Waals surface area contributed by atoms with Crippen LogP contribution in [-0.2, 0) is 14.3 Å². The van der Waals surface area contributed by atoms with Crippen LogP contribution in [0.4, 0.5) is 5.13 Å². The van der Waals surface area contributed by atoms with Crippen molar-refractivity contribution >= 4 is 28.2 Å². The van der Waals surface area contributed by atoms with E-state index in [0.29, 0.717) is 29.0 Å². The Morgan fingerprint density at radius 3 is 2.87 bits per heavy atom. The fourth-order valence-electron chi connectivity index (χ4n) is 4.98. The van der Waals surface area contributed by atoms with Gasteiger partial charge < -0.3 is 9.47 Å². The third-order valence-electron chi connectivity index (χ3n) is 6.41. The monoisotopic (exact) mass is 438 g/mol. The zero-order chi connectivity index (χ0) is 21.7. The van der Waals surface area contributed by atoms with Crippen molar-refractivity contribution in [1.82, 2.24) is 4.98 Å². The molecular weight excluding hydrogens is 412 g/mol. The molecule has 3 heterocycles. The number of ether oxygens (including phenoxy) is 2. The third kappa shape index (κ3) is 3.35. The van der Waals surface area contributed by atoms with Crippen molar-refractivity contribution in [2.24, 2.45) is 11.8 Å². The van der Waals surface area contributed by atoms with Crippen molar-refractivity contribution in [3.63, 3.8) is 0 Å². The maximum absolute atomic E-state index is 13.7. The molecule has 4 unspecified atom stereocenters. The van der Waals surface area contributed by atoms with Crippen LogP contribution in [0.5, 0.6) is 5.75 Å². The van der Waals surface area contributed by atoms with Gasteiger partial charge in [-0.25, -0.2) is 4.98 Å². The predicted octanol–water partition coefficient (Wildman–Crippen LogP) is 4.60. The van der Waals surface area contributed by atoms with Gasteiger partial charge in [0.1, 0.15) is 11.9 Å². The van der Waals surface area contributed by atoms with Gasteiger partial charge in [0.2, 0.25) is 0 Å². The number of Topliss-reactive ketones (excluding diaryl/α,β-unsaturated/α-hetero) is 1. The van der Waals surface area contributed by atoms with Crippen molar-refractivity contribution in [2.45, 2.75) is 52.2 Å². The molecule has 7 heteroatoms. The molecule has 3 aliphatic rings. The smallest absolute Gasteiger partial charge is 0.296 e. The highest BCUT2D eigenvalue weighted by Crippen LogP contribution is 2.49. The summed E-state index contributed by atoms with van der Waals surface area (Å²) in [7, 11) is 0. The van der Waals surface area contributed by atoms with Crippen LogP contribution < -0.4 is 9.64 Å². The SMILES string of the molecule is CCOc1cccc(C2C3=C(OC4CCC(C)CC4C3=O)C(=O)N2c2nc(C)cs2)c1. The number of rotatable bonds is 4. The van der Waals surface area contributed by atoms with Gasteiger partial charge >= 0.3 is 0 Å². The van der Waals surface area contributed by atoms with E-state index in [-0.39, 0.29) is 29.5 Å². The molecular formula is C24H26N2O4S. The van der Waals surface area contributed by atoms with Crippen molar-refractivity contribution in [2.75, 3.05) is 11.5 Å². The van der Waals surface area contributed by atoms with Crippen LogP contribution in [0.25, 0.3) is 0 Å². The number of aromatic nitrogens is 1. The molecule has 6 nitrogen and oxygen atoms in total. The minimum Gasteiger partial charge on any atom is -0.494 e. The molecule has 4 atom stereocenters. The lowest BCUT2D eigenvalue weighted by Crippen LogP contribution is -2.41. The van der Waals surface area contributed by atoms with E-state index in [1.165, 1.54) is 11.3 Å². The first-order valence-electron chi connectivity index (χ1n) is 10.9. The molecule has 1 fully saturated rings. The first-order valence-corrected chi connectivity index (χ1v) is 11.8. The third-order valence-corrected chi connectivity index (χ3v) is 7.37. The number of carbonyl (C=O) groups excluding carboxylic acids is 2. The summed E-state index contributed by atoms with van der Waals surface area (Å²) in [4.78, 5) is 33.5. The number of thiazole rings is 1. The Morgan fingerprint density at radius 2 is 2.13 bits per heavy atom. The van der Waals surface area contributed by atoms with E-state index in [0.717, 1.165) is 30.5 Å². The molecule has 1 aliphatic carbocycles. The number of benzene rings is 1. The number of fused-ring (bicyclic) bond motifs is 1. The van der Waals surface area contributed by atoms with Crippen molar-refractivity contribution in [3.05, 3.63) is 52.2 Å². The van der Waals surface area contributed by atoms with Gasteiger partial charge in [0.05, 0.1) is 29.8 Å². The molecule has 0 saturated heterocycles. The summed E-state index contributed by atoms with van der Waals surface area (Å²) < 4.78 is 11.9. The summed E-state index contributed by atoms with van der Waals surface area (Å²) >= 11 is 1.41. The van der Waals surface area contributed by atoms with Gasteiger partial charge in [-0.1, -0.05) is 19.1 Å². The number of hydrogen-bond acceptors (Lipinski definition) is 6. The van der Waals surface area contributed by atoms with Crippen LogP contribution in [-0.4, -0.2) is 29.4 Å². The Kier molecular flexibility index (Phi) is 5.08. The highest BCUT2D eigenvalue weighted by molar-refractivity contribution is 7.14. The molecule has 1 aromatic carbocycles. The predicted molar refractivity (Wildman–Crippen MR) is 118 cm³/mol. The first kappa shape index (κ1) is 20.2. The van der Waals surface area contributed by atoms with Gasteiger partial charge in [0, 0.05) is 5.38 Å². The number of anilines is 1. The molecule has 5 rings (SSSR count). The second kappa shape index (κ2) is 7.79. The Balaban J connectivity index is 1.63. The average Bonchev–Trinajstić information content (AvgIpc) is 3.30. The summed E-state index contributed by atoms with van der Waals surface area (Å²) in [6.07, 6.45) is 2.42. The maximum Gasteiger partial charge on any atom is 0.296 e. The molecule has 162 valence electrons. The Bertz CT molecular complexity index is 1080. The molecule has 31 heavy (non-hydrogen) atoms. The molecule has 0 radical (unpaired) electrons. The fraction of sp³-hybridized carbons (Fsp3) is 0.458. The van der Waals surface area contributed by atoms with Crippen LogP contribution >= 0.6 is 11.3 Å². The molecule has 1 amide bonds. The Labute approximate surface area is 185 Å².